The van der Waals surface area contributed by atoms with E-state index in [1.165, 1.54) is 31.2 Å². The van der Waals surface area contributed by atoms with E-state index < -0.39 is 0 Å². The molecule has 0 N–H and O–H groups in total. The minimum atomic E-state index is 0.763. The molecule has 74 valence electrons. The molecule has 0 unspecified atom stereocenters. The van der Waals surface area contributed by atoms with Crippen LogP contribution in [0.1, 0.15) is 31.2 Å². The van der Waals surface area contributed by atoms with Gasteiger partial charge in [0.2, 0.25) is 0 Å². The van der Waals surface area contributed by atoms with Crippen LogP contribution in [-0.4, -0.2) is 6.21 Å². The van der Waals surface area contributed by atoms with E-state index >= 15 is 0 Å². The van der Waals surface area contributed by atoms with Gasteiger partial charge in [-0.15, -0.1) is 0 Å². The highest BCUT2D eigenvalue weighted by Gasteiger charge is 2.11. The third kappa shape index (κ3) is 2.69. The number of hydrogen-bond donors (Lipinski definition) is 0. The normalized spacial score (nSPS) is 18.0. The Balaban J connectivity index is 1.81. The van der Waals surface area contributed by atoms with Gasteiger partial charge < -0.3 is 0 Å². The first-order valence-electron chi connectivity index (χ1n) is 5.49. The lowest BCUT2D eigenvalue weighted by molar-refractivity contribution is 0.739. The van der Waals surface area contributed by atoms with E-state index in [9.17, 15) is 0 Å². The largest absolute Gasteiger partial charge is 0.292 e. The van der Waals surface area contributed by atoms with Crippen LogP contribution in [0.3, 0.4) is 0 Å². The summed E-state index contributed by atoms with van der Waals surface area (Å²) < 4.78 is 0. The van der Waals surface area contributed by atoms with Crippen LogP contribution in [0.15, 0.2) is 35.3 Å². The number of aliphatic imine (C=N–C) groups is 1. The maximum Gasteiger partial charge on any atom is 0.0635 e. The summed E-state index contributed by atoms with van der Waals surface area (Å²) in [4.78, 5) is 4.50. The van der Waals surface area contributed by atoms with Crippen molar-refractivity contribution < 1.29 is 0 Å². The SMILES string of the molecule is C(=NCc1ccccc1)C1CCCC1. The summed E-state index contributed by atoms with van der Waals surface area (Å²) in [7, 11) is 0. The van der Waals surface area contributed by atoms with E-state index in [4.69, 9.17) is 0 Å². The maximum absolute atomic E-state index is 4.50. The molecule has 1 aromatic carbocycles. The molecule has 14 heavy (non-hydrogen) atoms. The predicted molar refractivity (Wildman–Crippen MR) is 60.6 cm³/mol. The van der Waals surface area contributed by atoms with Gasteiger partial charge in [0, 0.05) is 6.21 Å². The average molecular weight is 187 g/mol. The highest BCUT2D eigenvalue weighted by molar-refractivity contribution is 5.61. The monoisotopic (exact) mass is 187 g/mol. The van der Waals surface area contributed by atoms with E-state index in [1.807, 2.05) is 6.07 Å². The zero-order chi connectivity index (χ0) is 9.64. The van der Waals surface area contributed by atoms with Crippen LogP contribution < -0.4 is 0 Å². The summed E-state index contributed by atoms with van der Waals surface area (Å²) in [6.07, 6.45) is 7.64. The van der Waals surface area contributed by atoms with Gasteiger partial charge in [-0.2, -0.15) is 0 Å². The first-order chi connectivity index (χ1) is 6.95. The summed E-state index contributed by atoms with van der Waals surface area (Å²) in [5.41, 5.74) is 1.31. The van der Waals surface area contributed by atoms with Gasteiger partial charge >= 0.3 is 0 Å². The fourth-order valence-corrected chi connectivity index (χ4v) is 2.00. The molecule has 0 radical (unpaired) electrons. The molecule has 1 aliphatic rings. The van der Waals surface area contributed by atoms with Crippen molar-refractivity contribution in [2.45, 2.75) is 32.2 Å². The molecular formula is C13H17N. The van der Waals surface area contributed by atoms with Crippen molar-refractivity contribution in [2.24, 2.45) is 10.9 Å². The predicted octanol–water partition coefficient (Wildman–Crippen LogP) is 3.45. The fourth-order valence-electron chi connectivity index (χ4n) is 2.00. The van der Waals surface area contributed by atoms with Crippen LogP contribution in [0, 0.1) is 5.92 Å². The Hall–Kier alpha value is -1.11. The zero-order valence-electron chi connectivity index (χ0n) is 8.52. The van der Waals surface area contributed by atoms with Crippen molar-refractivity contribution in [1.82, 2.24) is 0 Å². The Morgan fingerprint density at radius 3 is 2.57 bits per heavy atom. The Bertz CT molecular complexity index is 283. The molecule has 1 heteroatoms. The van der Waals surface area contributed by atoms with Crippen LogP contribution in [0.5, 0.6) is 0 Å². The highest BCUT2D eigenvalue weighted by Crippen LogP contribution is 2.22. The number of rotatable bonds is 3. The molecule has 1 fully saturated rings. The van der Waals surface area contributed by atoms with E-state index in [-0.39, 0.29) is 0 Å². The Labute approximate surface area is 85.9 Å². The van der Waals surface area contributed by atoms with Crippen LogP contribution in [0.25, 0.3) is 0 Å². The van der Waals surface area contributed by atoms with E-state index in [2.05, 4.69) is 35.5 Å². The number of hydrogen-bond acceptors (Lipinski definition) is 1. The Kier molecular flexibility index (Phi) is 3.33. The van der Waals surface area contributed by atoms with Crippen LogP contribution in [-0.2, 0) is 6.54 Å². The van der Waals surface area contributed by atoms with Gasteiger partial charge in [0.1, 0.15) is 0 Å². The molecule has 0 heterocycles. The standard InChI is InChI=1S/C13H17N/c1-2-6-12(7-3-1)10-14-11-13-8-4-5-9-13/h1-3,6-7,11,13H,4-5,8-10H2. The second-order valence-electron chi connectivity index (χ2n) is 4.02. The van der Waals surface area contributed by atoms with E-state index in [0.29, 0.717) is 0 Å². The number of benzene rings is 1. The quantitative estimate of drug-likeness (QED) is 0.643. The fraction of sp³-hybridized carbons (Fsp3) is 0.462. The topological polar surface area (TPSA) is 12.4 Å². The van der Waals surface area contributed by atoms with Gasteiger partial charge in [0.25, 0.3) is 0 Å². The molecule has 1 nitrogen and oxygen atoms in total. The highest BCUT2D eigenvalue weighted by atomic mass is 14.7. The minimum absolute atomic E-state index is 0.763. The molecule has 2 rings (SSSR count). The lowest BCUT2D eigenvalue weighted by Gasteiger charge is -1.99. The summed E-state index contributed by atoms with van der Waals surface area (Å²) >= 11 is 0. The summed E-state index contributed by atoms with van der Waals surface area (Å²) in [6.45, 7) is 0.845. The van der Waals surface area contributed by atoms with Gasteiger partial charge in [-0.25, -0.2) is 0 Å². The summed E-state index contributed by atoms with van der Waals surface area (Å²) in [6, 6.07) is 10.4. The Morgan fingerprint density at radius 1 is 1.14 bits per heavy atom. The van der Waals surface area contributed by atoms with Crippen molar-refractivity contribution in [2.75, 3.05) is 0 Å². The molecule has 0 spiro atoms. The van der Waals surface area contributed by atoms with Gasteiger partial charge in [0.15, 0.2) is 0 Å². The van der Waals surface area contributed by atoms with Crippen molar-refractivity contribution in [3.8, 4) is 0 Å². The molecule has 1 saturated carbocycles. The van der Waals surface area contributed by atoms with Gasteiger partial charge in [-0.05, 0) is 24.3 Å². The lowest BCUT2D eigenvalue weighted by Crippen LogP contribution is -1.94. The van der Waals surface area contributed by atoms with E-state index in [1.54, 1.807) is 0 Å². The molecule has 0 saturated heterocycles. The first kappa shape index (κ1) is 9.45. The van der Waals surface area contributed by atoms with Crippen molar-refractivity contribution in [3.05, 3.63) is 35.9 Å². The van der Waals surface area contributed by atoms with Gasteiger partial charge in [-0.1, -0.05) is 43.2 Å². The second-order valence-corrected chi connectivity index (χ2v) is 4.02. The van der Waals surface area contributed by atoms with Crippen LogP contribution in [0.2, 0.25) is 0 Å². The molecule has 0 atom stereocenters. The summed E-state index contributed by atoms with van der Waals surface area (Å²) in [5.74, 6) is 0.763. The van der Waals surface area contributed by atoms with Crippen LogP contribution in [0.4, 0.5) is 0 Å². The summed E-state index contributed by atoms with van der Waals surface area (Å²) in [5, 5.41) is 0. The molecule has 1 aromatic rings. The smallest absolute Gasteiger partial charge is 0.0635 e. The Morgan fingerprint density at radius 2 is 1.86 bits per heavy atom. The molecule has 0 aromatic heterocycles. The van der Waals surface area contributed by atoms with Crippen molar-refractivity contribution >= 4 is 6.21 Å². The average Bonchev–Trinajstić information content (AvgIpc) is 2.72. The molecule has 0 amide bonds. The molecule has 1 aliphatic carbocycles. The molecule has 0 aliphatic heterocycles. The van der Waals surface area contributed by atoms with E-state index in [0.717, 1.165) is 12.5 Å². The van der Waals surface area contributed by atoms with Gasteiger partial charge in [-0.3, -0.25) is 4.99 Å². The van der Waals surface area contributed by atoms with Crippen LogP contribution >= 0.6 is 0 Å². The number of nitrogens with zero attached hydrogens (tertiary/aromatic N) is 1. The lowest BCUT2D eigenvalue weighted by atomic mass is 10.1. The first-order valence-corrected chi connectivity index (χ1v) is 5.49. The van der Waals surface area contributed by atoms with Crippen molar-refractivity contribution in [3.63, 3.8) is 0 Å². The third-order valence-electron chi connectivity index (χ3n) is 2.83. The van der Waals surface area contributed by atoms with Crippen molar-refractivity contribution in [1.29, 1.82) is 0 Å². The third-order valence-corrected chi connectivity index (χ3v) is 2.83. The molecular weight excluding hydrogens is 170 g/mol. The molecule has 0 bridgehead atoms. The maximum atomic E-state index is 4.50. The van der Waals surface area contributed by atoms with Gasteiger partial charge in [0.05, 0.1) is 6.54 Å². The zero-order valence-corrected chi connectivity index (χ0v) is 8.52. The minimum Gasteiger partial charge on any atom is -0.292 e. The second kappa shape index (κ2) is 4.94.